The van der Waals surface area contributed by atoms with Gasteiger partial charge >= 0.3 is 5.69 Å². The molecule has 0 bridgehead atoms. The predicted octanol–water partition coefficient (Wildman–Crippen LogP) is -1.97. The van der Waals surface area contributed by atoms with Crippen molar-refractivity contribution in [3.63, 3.8) is 0 Å². The van der Waals surface area contributed by atoms with Crippen LogP contribution in [0.2, 0.25) is 0 Å². The number of carbonyl (C=O) groups excluding carboxylic acids is 1. The number of hydrogen-bond donors (Lipinski definition) is 2. The summed E-state index contributed by atoms with van der Waals surface area (Å²) in [6.07, 6.45) is 0. The molecule has 0 spiro atoms. The molecule has 1 aromatic heterocycles. The van der Waals surface area contributed by atoms with Crippen molar-refractivity contribution < 1.29 is 4.79 Å². The molecule has 0 saturated carbocycles. The van der Waals surface area contributed by atoms with E-state index in [1.807, 2.05) is 0 Å². The normalized spacial score (nSPS) is 10.1. The van der Waals surface area contributed by atoms with E-state index < -0.39 is 11.2 Å². The lowest BCUT2D eigenvalue weighted by Gasteiger charge is -2.07. The third kappa shape index (κ3) is 2.92. The van der Waals surface area contributed by atoms with Crippen molar-refractivity contribution in [1.29, 1.82) is 0 Å². The Morgan fingerprint density at radius 2 is 2.00 bits per heavy atom. The first-order chi connectivity index (χ1) is 7.97. The van der Waals surface area contributed by atoms with E-state index in [0.29, 0.717) is 6.54 Å². The van der Waals surface area contributed by atoms with E-state index in [4.69, 9.17) is 0 Å². The van der Waals surface area contributed by atoms with Crippen LogP contribution in [0.15, 0.2) is 9.59 Å². The van der Waals surface area contributed by atoms with Gasteiger partial charge in [0, 0.05) is 20.6 Å². The highest BCUT2D eigenvalue weighted by atomic mass is 16.2. The molecule has 0 saturated heterocycles. The Morgan fingerprint density at radius 3 is 2.59 bits per heavy atom. The number of hydrogen-bond acceptors (Lipinski definition) is 5. The van der Waals surface area contributed by atoms with E-state index in [2.05, 4.69) is 15.7 Å². The molecule has 1 rings (SSSR count). The maximum Gasteiger partial charge on any atom is 0.346 e. The van der Waals surface area contributed by atoms with Crippen LogP contribution in [-0.4, -0.2) is 33.3 Å². The Balaban J connectivity index is 2.90. The second-order valence-corrected chi connectivity index (χ2v) is 3.43. The van der Waals surface area contributed by atoms with Crippen molar-refractivity contribution in [1.82, 2.24) is 19.7 Å². The molecule has 1 heterocycles. The van der Waals surface area contributed by atoms with E-state index in [1.165, 1.54) is 14.1 Å². The van der Waals surface area contributed by atoms with Gasteiger partial charge in [-0.25, -0.2) is 9.48 Å². The molecule has 94 valence electrons. The number of aromatic nitrogens is 3. The Hall–Kier alpha value is -2.12. The number of carbonyl (C=O) groups is 1. The molecule has 0 atom stereocenters. The van der Waals surface area contributed by atoms with Crippen molar-refractivity contribution in [2.45, 2.75) is 6.92 Å². The third-order valence-corrected chi connectivity index (χ3v) is 2.11. The van der Waals surface area contributed by atoms with Crippen LogP contribution in [0.5, 0.6) is 0 Å². The molecule has 0 fully saturated rings. The molecule has 0 aliphatic rings. The molecular weight excluding hydrogens is 226 g/mol. The van der Waals surface area contributed by atoms with Crippen molar-refractivity contribution in [3.8, 4) is 0 Å². The molecule has 1 aromatic rings. The van der Waals surface area contributed by atoms with E-state index >= 15 is 0 Å². The van der Waals surface area contributed by atoms with Crippen molar-refractivity contribution >= 4 is 11.7 Å². The summed E-state index contributed by atoms with van der Waals surface area (Å²) in [4.78, 5) is 34.1. The summed E-state index contributed by atoms with van der Waals surface area (Å²) < 4.78 is 1.95. The average Bonchev–Trinajstić information content (AvgIpc) is 2.30. The fourth-order valence-corrected chi connectivity index (χ4v) is 1.23. The summed E-state index contributed by atoms with van der Waals surface area (Å²) in [6, 6.07) is 0. The summed E-state index contributed by atoms with van der Waals surface area (Å²) in [5.74, 6) is -0.272. The first-order valence-corrected chi connectivity index (χ1v) is 5.12. The van der Waals surface area contributed by atoms with Crippen LogP contribution in [0, 0.1) is 0 Å². The van der Waals surface area contributed by atoms with Gasteiger partial charge in [-0.05, 0) is 6.92 Å². The van der Waals surface area contributed by atoms with E-state index in [9.17, 15) is 14.4 Å². The van der Waals surface area contributed by atoms with Gasteiger partial charge in [0.1, 0.15) is 0 Å². The lowest BCUT2D eigenvalue weighted by molar-refractivity contribution is -0.119. The molecule has 0 radical (unpaired) electrons. The Morgan fingerprint density at radius 1 is 1.35 bits per heavy atom. The first-order valence-electron chi connectivity index (χ1n) is 5.12. The molecule has 0 aliphatic heterocycles. The standard InChI is InChI=1S/C9H15N5O3/c1-4-10-6(15)5-11-7-8(16)13(2)9(17)14(3)12-7/h4-5H2,1-3H3,(H,10,15)(H,11,12). The zero-order chi connectivity index (χ0) is 13.0. The van der Waals surface area contributed by atoms with Crippen molar-refractivity contribution in [3.05, 3.63) is 20.8 Å². The van der Waals surface area contributed by atoms with Gasteiger partial charge in [-0.1, -0.05) is 0 Å². The fraction of sp³-hybridized carbons (Fsp3) is 0.556. The molecule has 1 amide bonds. The minimum Gasteiger partial charge on any atom is -0.355 e. The van der Waals surface area contributed by atoms with Crippen molar-refractivity contribution in [2.24, 2.45) is 14.1 Å². The van der Waals surface area contributed by atoms with Gasteiger partial charge in [0.15, 0.2) is 0 Å². The topological polar surface area (TPSA) is 98.0 Å². The van der Waals surface area contributed by atoms with Crippen LogP contribution in [0.3, 0.4) is 0 Å². The lowest BCUT2D eigenvalue weighted by atomic mass is 10.5. The summed E-state index contributed by atoms with van der Waals surface area (Å²) in [7, 11) is 2.78. The minimum absolute atomic E-state index is 0.0270. The van der Waals surface area contributed by atoms with Crippen LogP contribution in [0.25, 0.3) is 0 Å². The summed E-state index contributed by atoms with van der Waals surface area (Å²) in [5, 5.41) is 8.90. The molecule has 0 unspecified atom stereocenters. The predicted molar refractivity (Wildman–Crippen MR) is 61.9 cm³/mol. The molecular formula is C9H15N5O3. The summed E-state index contributed by atoms with van der Waals surface area (Å²) in [6.45, 7) is 2.24. The molecule has 0 aromatic carbocycles. The quantitative estimate of drug-likeness (QED) is 0.637. The highest BCUT2D eigenvalue weighted by molar-refractivity contribution is 5.80. The number of rotatable bonds is 4. The minimum atomic E-state index is -0.558. The van der Waals surface area contributed by atoms with Crippen LogP contribution in [0.1, 0.15) is 6.92 Å². The number of likely N-dealkylation sites (N-methyl/N-ethyl adjacent to an activating group) is 1. The second-order valence-electron chi connectivity index (χ2n) is 3.43. The summed E-state index contributed by atoms with van der Waals surface area (Å²) in [5.41, 5.74) is -1.07. The molecule has 8 nitrogen and oxygen atoms in total. The Kier molecular flexibility index (Phi) is 4.02. The maximum absolute atomic E-state index is 11.6. The number of anilines is 1. The van der Waals surface area contributed by atoms with Gasteiger partial charge < -0.3 is 10.6 Å². The molecule has 0 aliphatic carbocycles. The largest absolute Gasteiger partial charge is 0.355 e. The van der Waals surface area contributed by atoms with Crippen LogP contribution >= 0.6 is 0 Å². The zero-order valence-electron chi connectivity index (χ0n) is 9.98. The highest BCUT2D eigenvalue weighted by Crippen LogP contribution is 1.87. The third-order valence-electron chi connectivity index (χ3n) is 2.11. The van der Waals surface area contributed by atoms with Crippen molar-refractivity contribution in [2.75, 3.05) is 18.4 Å². The van der Waals surface area contributed by atoms with Gasteiger partial charge in [0.05, 0.1) is 6.54 Å². The van der Waals surface area contributed by atoms with E-state index in [0.717, 1.165) is 9.25 Å². The molecule has 8 heteroatoms. The Bertz CT molecular complexity index is 530. The fourth-order valence-electron chi connectivity index (χ4n) is 1.23. The number of nitrogens with one attached hydrogen (secondary N) is 2. The van der Waals surface area contributed by atoms with Crippen LogP contribution < -0.4 is 21.9 Å². The van der Waals surface area contributed by atoms with E-state index in [-0.39, 0.29) is 18.3 Å². The number of aryl methyl sites for hydroxylation is 1. The molecule has 2 N–H and O–H groups in total. The second kappa shape index (κ2) is 5.28. The van der Waals surface area contributed by atoms with Crippen LogP contribution in [0.4, 0.5) is 5.82 Å². The average molecular weight is 241 g/mol. The van der Waals surface area contributed by atoms with E-state index in [1.54, 1.807) is 6.92 Å². The maximum atomic E-state index is 11.6. The Labute approximate surface area is 97.3 Å². The number of nitrogens with zero attached hydrogens (tertiary/aromatic N) is 3. The van der Waals surface area contributed by atoms with Gasteiger partial charge in [-0.3, -0.25) is 14.2 Å². The SMILES string of the molecule is CCNC(=O)CNc1nn(C)c(=O)n(C)c1=O. The monoisotopic (exact) mass is 241 g/mol. The molecule has 17 heavy (non-hydrogen) atoms. The van der Waals surface area contributed by atoms with Crippen LogP contribution in [-0.2, 0) is 18.9 Å². The highest BCUT2D eigenvalue weighted by Gasteiger charge is 2.09. The van der Waals surface area contributed by atoms with Gasteiger partial charge in [-0.15, -0.1) is 5.10 Å². The smallest absolute Gasteiger partial charge is 0.346 e. The number of amides is 1. The zero-order valence-corrected chi connectivity index (χ0v) is 9.98. The van der Waals surface area contributed by atoms with Gasteiger partial charge in [0.25, 0.3) is 5.56 Å². The first kappa shape index (κ1) is 12.9. The van der Waals surface area contributed by atoms with Gasteiger partial charge in [-0.2, -0.15) is 0 Å². The lowest BCUT2D eigenvalue weighted by Crippen LogP contribution is -2.41. The summed E-state index contributed by atoms with van der Waals surface area (Å²) >= 11 is 0. The van der Waals surface area contributed by atoms with Gasteiger partial charge in [0.2, 0.25) is 11.7 Å².